The number of hydrogen-bond acceptors (Lipinski definition) is 7. The van der Waals surface area contributed by atoms with E-state index in [1.165, 1.54) is 32.2 Å². The Morgan fingerprint density at radius 3 is 2.56 bits per heavy atom. The van der Waals surface area contributed by atoms with Gasteiger partial charge in [0, 0.05) is 35.1 Å². The molecule has 1 aliphatic rings. The van der Waals surface area contributed by atoms with E-state index in [-0.39, 0.29) is 57.7 Å². The van der Waals surface area contributed by atoms with Crippen LogP contribution in [0.15, 0.2) is 18.2 Å². The molecule has 1 aliphatic carbocycles. The molecule has 0 heterocycles. The third-order valence-electron chi connectivity index (χ3n) is 4.98. The van der Waals surface area contributed by atoms with Gasteiger partial charge >= 0.3 is 0 Å². The minimum Gasteiger partial charge on any atom is -0.507 e. The van der Waals surface area contributed by atoms with Crippen molar-refractivity contribution in [2.75, 3.05) is 7.11 Å². The molecule has 3 rings (SSSR count). The molecule has 142 valence electrons. The molecule has 7 heteroatoms. The molecular formula is C20H20O7. The molecule has 2 aromatic rings. The number of ether oxygens (including phenoxy) is 1. The van der Waals surface area contributed by atoms with E-state index in [2.05, 4.69) is 0 Å². The zero-order valence-corrected chi connectivity index (χ0v) is 14.9. The van der Waals surface area contributed by atoms with Crippen molar-refractivity contribution in [2.45, 2.75) is 32.0 Å². The van der Waals surface area contributed by atoms with Crippen LogP contribution in [-0.4, -0.2) is 45.7 Å². The highest BCUT2D eigenvalue weighted by Gasteiger charge is 2.34. The predicted molar refractivity (Wildman–Crippen MR) is 95.6 cm³/mol. The van der Waals surface area contributed by atoms with E-state index in [4.69, 9.17) is 4.74 Å². The van der Waals surface area contributed by atoms with Crippen LogP contribution in [0.4, 0.5) is 0 Å². The second-order valence-corrected chi connectivity index (χ2v) is 6.57. The number of aldehydes is 1. The van der Waals surface area contributed by atoms with Crippen LogP contribution in [0.1, 0.15) is 55.5 Å². The summed E-state index contributed by atoms with van der Waals surface area (Å²) >= 11 is 0. The molecule has 2 aromatic carbocycles. The SMILES string of the molecule is COc1cccc(C(=O)c2c(C)c(O)c3c(c2O)C[C@H](O)C[C@@H]3O)c1C=O. The van der Waals surface area contributed by atoms with Gasteiger partial charge in [-0.05, 0) is 13.0 Å². The van der Waals surface area contributed by atoms with Crippen LogP contribution in [-0.2, 0) is 6.42 Å². The van der Waals surface area contributed by atoms with E-state index in [0.29, 0.717) is 6.29 Å². The van der Waals surface area contributed by atoms with Crippen molar-refractivity contribution < 1.29 is 34.8 Å². The summed E-state index contributed by atoms with van der Waals surface area (Å²) in [5.41, 5.74) is 0.201. The average Bonchev–Trinajstić information content (AvgIpc) is 2.64. The number of carbonyl (C=O) groups is 2. The van der Waals surface area contributed by atoms with Crippen LogP contribution in [0.2, 0.25) is 0 Å². The predicted octanol–water partition coefficient (Wildman–Crippen LogP) is 1.80. The number of aromatic hydroxyl groups is 2. The minimum absolute atomic E-state index is 0.00893. The quantitative estimate of drug-likeness (QED) is 0.366. The summed E-state index contributed by atoms with van der Waals surface area (Å²) in [6.45, 7) is 1.45. The number of ketones is 1. The molecule has 0 saturated heterocycles. The number of aliphatic hydroxyl groups is 2. The molecule has 7 nitrogen and oxygen atoms in total. The Labute approximate surface area is 155 Å². The first-order chi connectivity index (χ1) is 12.8. The normalized spacial score (nSPS) is 18.7. The lowest BCUT2D eigenvalue weighted by Gasteiger charge is -2.29. The molecule has 0 saturated carbocycles. The lowest BCUT2D eigenvalue weighted by molar-refractivity contribution is 0.0653. The van der Waals surface area contributed by atoms with Crippen molar-refractivity contribution in [1.82, 2.24) is 0 Å². The fourth-order valence-electron chi connectivity index (χ4n) is 3.63. The Bertz CT molecular complexity index is 933. The zero-order valence-electron chi connectivity index (χ0n) is 14.9. The molecule has 4 N–H and O–H groups in total. The van der Waals surface area contributed by atoms with Crippen molar-refractivity contribution in [3.05, 3.63) is 51.6 Å². The van der Waals surface area contributed by atoms with Crippen molar-refractivity contribution in [1.29, 1.82) is 0 Å². The molecule has 0 spiro atoms. The number of fused-ring (bicyclic) bond motifs is 1. The van der Waals surface area contributed by atoms with Crippen LogP contribution in [0.3, 0.4) is 0 Å². The Morgan fingerprint density at radius 1 is 1.22 bits per heavy atom. The first-order valence-electron chi connectivity index (χ1n) is 8.42. The van der Waals surface area contributed by atoms with Crippen molar-refractivity contribution in [2.24, 2.45) is 0 Å². The number of phenolic OH excluding ortho intramolecular Hbond substituents is 2. The van der Waals surface area contributed by atoms with Gasteiger partial charge in [0.25, 0.3) is 0 Å². The van der Waals surface area contributed by atoms with Gasteiger partial charge in [0.05, 0.1) is 30.4 Å². The Morgan fingerprint density at radius 2 is 1.93 bits per heavy atom. The van der Waals surface area contributed by atoms with Crippen LogP contribution in [0, 0.1) is 6.92 Å². The van der Waals surface area contributed by atoms with Crippen molar-refractivity contribution >= 4 is 12.1 Å². The fraction of sp³-hybridized carbons (Fsp3) is 0.300. The summed E-state index contributed by atoms with van der Waals surface area (Å²) in [5.74, 6) is -1.18. The average molecular weight is 372 g/mol. The van der Waals surface area contributed by atoms with Crippen LogP contribution in [0.5, 0.6) is 17.2 Å². The number of hydrogen-bond donors (Lipinski definition) is 4. The van der Waals surface area contributed by atoms with Crippen molar-refractivity contribution in [3.63, 3.8) is 0 Å². The zero-order chi connectivity index (χ0) is 19.9. The largest absolute Gasteiger partial charge is 0.507 e. The molecule has 0 bridgehead atoms. The van der Waals surface area contributed by atoms with Crippen LogP contribution in [0.25, 0.3) is 0 Å². The Balaban J connectivity index is 2.25. The molecule has 0 aromatic heterocycles. The Hall–Kier alpha value is -2.90. The third kappa shape index (κ3) is 2.94. The second kappa shape index (κ2) is 7.02. The first kappa shape index (κ1) is 18.9. The number of methoxy groups -OCH3 is 1. The fourth-order valence-corrected chi connectivity index (χ4v) is 3.63. The molecule has 0 aliphatic heterocycles. The summed E-state index contributed by atoms with van der Waals surface area (Å²) in [7, 11) is 1.37. The topological polar surface area (TPSA) is 124 Å². The van der Waals surface area contributed by atoms with Gasteiger partial charge in [-0.3, -0.25) is 9.59 Å². The maximum atomic E-state index is 13.1. The molecule has 2 atom stereocenters. The van der Waals surface area contributed by atoms with Gasteiger partial charge in [-0.1, -0.05) is 12.1 Å². The van der Waals surface area contributed by atoms with E-state index in [9.17, 15) is 30.0 Å². The van der Waals surface area contributed by atoms with Crippen LogP contribution < -0.4 is 4.74 Å². The maximum Gasteiger partial charge on any atom is 0.198 e. The number of rotatable bonds is 4. The molecule has 0 unspecified atom stereocenters. The second-order valence-electron chi connectivity index (χ2n) is 6.57. The smallest absolute Gasteiger partial charge is 0.198 e. The maximum absolute atomic E-state index is 13.1. The number of benzene rings is 2. The monoisotopic (exact) mass is 372 g/mol. The highest BCUT2D eigenvalue weighted by Crippen LogP contribution is 2.45. The molecule has 0 amide bonds. The highest BCUT2D eigenvalue weighted by atomic mass is 16.5. The standard InChI is InChI=1S/C20H20O7/c1-9-16(19(25)11-4-3-5-15(27-2)13(11)8-21)20(26)12-6-10(22)7-14(23)17(12)18(9)24/h3-5,8,10,14,22-24,26H,6-7H2,1-2H3/t10-,14-/m0/s1. The summed E-state index contributed by atoms with van der Waals surface area (Å²) in [4.78, 5) is 24.6. The van der Waals surface area contributed by atoms with E-state index >= 15 is 0 Å². The van der Waals surface area contributed by atoms with E-state index in [0.717, 1.165) is 0 Å². The van der Waals surface area contributed by atoms with Gasteiger partial charge in [0.15, 0.2) is 12.1 Å². The van der Waals surface area contributed by atoms with E-state index in [1.54, 1.807) is 0 Å². The van der Waals surface area contributed by atoms with Gasteiger partial charge in [0.1, 0.15) is 17.2 Å². The summed E-state index contributed by atoms with van der Waals surface area (Å²) in [6.07, 6.45) is -1.56. The molecule has 27 heavy (non-hydrogen) atoms. The van der Waals surface area contributed by atoms with Gasteiger partial charge in [-0.2, -0.15) is 0 Å². The molecule has 0 fully saturated rings. The number of aliphatic hydroxyl groups excluding tert-OH is 2. The molecular weight excluding hydrogens is 352 g/mol. The lowest BCUT2D eigenvalue weighted by Crippen LogP contribution is -2.24. The summed E-state index contributed by atoms with van der Waals surface area (Å²) in [6, 6.07) is 4.50. The minimum atomic E-state index is -1.15. The highest BCUT2D eigenvalue weighted by molar-refractivity contribution is 6.16. The third-order valence-corrected chi connectivity index (χ3v) is 4.98. The number of carbonyl (C=O) groups excluding carboxylic acids is 2. The van der Waals surface area contributed by atoms with Crippen LogP contribution >= 0.6 is 0 Å². The number of phenols is 2. The van der Waals surface area contributed by atoms with Gasteiger partial charge in [-0.25, -0.2) is 0 Å². The molecule has 0 radical (unpaired) electrons. The van der Waals surface area contributed by atoms with E-state index in [1.807, 2.05) is 0 Å². The van der Waals surface area contributed by atoms with Gasteiger partial charge in [-0.15, -0.1) is 0 Å². The van der Waals surface area contributed by atoms with Gasteiger partial charge in [0.2, 0.25) is 0 Å². The van der Waals surface area contributed by atoms with E-state index < -0.39 is 23.7 Å². The first-order valence-corrected chi connectivity index (χ1v) is 8.42. The Kier molecular flexibility index (Phi) is 4.91. The van der Waals surface area contributed by atoms with Crippen molar-refractivity contribution in [3.8, 4) is 17.2 Å². The summed E-state index contributed by atoms with van der Waals surface area (Å²) < 4.78 is 5.10. The van der Waals surface area contributed by atoms with Gasteiger partial charge < -0.3 is 25.2 Å². The lowest BCUT2D eigenvalue weighted by atomic mass is 9.81. The summed E-state index contributed by atoms with van der Waals surface area (Å²) in [5, 5.41) is 41.3.